The van der Waals surface area contributed by atoms with Gasteiger partial charge < -0.3 is 0 Å². The van der Waals surface area contributed by atoms with E-state index in [1.54, 1.807) is 0 Å². The second kappa shape index (κ2) is 12.4. The predicted octanol–water partition coefficient (Wildman–Crippen LogP) is 10.9. The molecule has 0 saturated carbocycles. The van der Waals surface area contributed by atoms with Crippen molar-refractivity contribution in [3.05, 3.63) is 167 Å². The lowest BCUT2D eigenvalue weighted by Gasteiger charge is -2.09. The van der Waals surface area contributed by atoms with Crippen LogP contribution in [-0.2, 0) is 0 Å². The summed E-state index contributed by atoms with van der Waals surface area (Å²) in [6.07, 6.45) is 0. The lowest BCUT2D eigenvalue weighted by molar-refractivity contribution is 1.10. The molecule has 0 radical (unpaired) electrons. The molecule has 2 aromatic heterocycles. The van der Waals surface area contributed by atoms with Gasteiger partial charge >= 0.3 is 0 Å². The highest BCUT2D eigenvalue weighted by molar-refractivity contribution is 9.10. The minimum absolute atomic E-state index is 0.962. The van der Waals surface area contributed by atoms with Crippen LogP contribution >= 0.6 is 31.9 Å². The Hall–Kier alpha value is -4.78. The quantitative estimate of drug-likeness (QED) is 0.183. The fourth-order valence-electron chi connectivity index (χ4n) is 5.32. The van der Waals surface area contributed by atoms with Crippen LogP contribution in [0.3, 0.4) is 0 Å². The summed E-state index contributed by atoms with van der Waals surface area (Å²) in [5.41, 5.74) is 8.68. The van der Waals surface area contributed by atoms with E-state index in [0.717, 1.165) is 65.2 Å². The van der Waals surface area contributed by atoms with Crippen molar-refractivity contribution < 1.29 is 0 Å². The Morgan fingerprint density at radius 2 is 0.705 bits per heavy atom. The van der Waals surface area contributed by atoms with Crippen LogP contribution in [0.1, 0.15) is 0 Å². The molecule has 0 bridgehead atoms. The summed E-state index contributed by atoms with van der Waals surface area (Å²) in [6.45, 7) is 0. The Morgan fingerprint density at radius 3 is 1.09 bits per heavy atom. The van der Waals surface area contributed by atoms with E-state index in [0.29, 0.717) is 0 Å². The summed E-state index contributed by atoms with van der Waals surface area (Å²) >= 11 is 6.99. The van der Waals surface area contributed by atoms with E-state index in [1.165, 1.54) is 0 Å². The van der Waals surface area contributed by atoms with E-state index in [9.17, 15) is 0 Å². The molecule has 4 nitrogen and oxygen atoms in total. The minimum atomic E-state index is 0.962. The van der Waals surface area contributed by atoms with E-state index in [1.807, 2.05) is 60.7 Å². The third kappa shape index (κ3) is 5.62. The van der Waals surface area contributed by atoms with E-state index in [4.69, 9.17) is 9.97 Å². The summed E-state index contributed by atoms with van der Waals surface area (Å²) in [4.78, 5) is 9.67. The van der Waals surface area contributed by atoms with Crippen LogP contribution in [0.2, 0.25) is 0 Å². The second-order valence-corrected chi connectivity index (χ2v) is 12.0. The predicted molar refractivity (Wildman–Crippen MR) is 188 cm³/mol. The lowest BCUT2D eigenvalue weighted by atomic mass is 10.2. The maximum Gasteiger partial charge on any atom is 0.145 e. The molecule has 0 fully saturated rings. The van der Waals surface area contributed by atoms with Gasteiger partial charge in [-0.25, -0.2) is 9.97 Å². The first-order valence-electron chi connectivity index (χ1n) is 14.2. The summed E-state index contributed by atoms with van der Waals surface area (Å²) in [5.74, 6) is 1.92. The first-order valence-corrected chi connectivity index (χ1v) is 15.8. The van der Waals surface area contributed by atoms with Crippen molar-refractivity contribution >= 4 is 53.9 Å². The van der Waals surface area contributed by atoms with Gasteiger partial charge in [-0.05, 0) is 72.8 Å². The average molecular weight is 698 g/mol. The van der Waals surface area contributed by atoms with Crippen molar-refractivity contribution in [3.63, 3.8) is 0 Å². The van der Waals surface area contributed by atoms with Crippen LogP contribution < -0.4 is 0 Å². The number of halogens is 2. The molecule has 0 aliphatic carbocycles. The summed E-state index contributed by atoms with van der Waals surface area (Å²) in [7, 11) is 0. The SMILES string of the molecule is Brc1ccc(-n2c(-c3ccccc3)nc3ccccc32)cc1.Brc1ccc(-n2c(-c3ccccc3)nc3ccccc32)cc1. The normalized spacial score (nSPS) is 11.0. The highest BCUT2D eigenvalue weighted by Crippen LogP contribution is 2.30. The van der Waals surface area contributed by atoms with Crippen molar-refractivity contribution in [2.45, 2.75) is 0 Å². The molecule has 0 amide bonds. The van der Waals surface area contributed by atoms with E-state index in [-0.39, 0.29) is 0 Å². The van der Waals surface area contributed by atoms with Gasteiger partial charge in [0.05, 0.1) is 22.1 Å². The Bertz CT molecular complexity index is 2010. The number of benzene rings is 6. The van der Waals surface area contributed by atoms with Gasteiger partial charge in [0.15, 0.2) is 0 Å². The van der Waals surface area contributed by atoms with Gasteiger partial charge in [-0.1, -0.05) is 117 Å². The molecule has 0 aliphatic heterocycles. The fourth-order valence-corrected chi connectivity index (χ4v) is 5.85. The fraction of sp³-hybridized carbons (Fsp3) is 0. The molecule has 0 spiro atoms. The lowest BCUT2D eigenvalue weighted by Crippen LogP contribution is -1.97. The zero-order chi connectivity index (χ0) is 29.9. The number of imidazole rings is 2. The average Bonchev–Trinajstić information content (AvgIpc) is 3.66. The Balaban J connectivity index is 0.000000142. The third-order valence-corrected chi connectivity index (χ3v) is 8.41. The van der Waals surface area contributed by atoms with Crippen LogP contribution in [0.4, 0.5) is 0 Å². The van der Waals surface area contributed by atoms with Crippen molar-refractivity contribution in [2.24, 2.45) is 0 Å². The van der Waals surface area contributed by atoms with E-state index >= 15 is 0 Å². The van der Waals surface area contributed by atoms with Gasteiger partial charge in [0.2, 0.25) is 0 Å². The van der Waals surface area contributed by atoms with Crippen LogP contribution in [0.15, 0.2) is 167 Å². The summed E-state index contributed by atoms with van der Waals surface area (Å²) in [5, 5.41) is 0. The number of hydrogen-bond donors (Lipinski definition) is 0. The van der Waals surface area contributed by atoms with Crippen molar-refractivity contribution in [3.8, 4) is 34.2 Å². The molecule has 8 rings (SSSR count). The highest BCUT2D eigenvalue weighted by Gasteiger charge is 2.15. The van der Waals surface area contributed by atoms with Crippen LogP contribution in [0.5, 0.6) is 0 Å². The molecule has 6 heteroatoms. The van der Waals surface area contributed by atoms with E-state index < -0.39 is 0 Å². The molecule has 0 N–H and O–H groups in total. The molecule has 0 atom stereocenters. The standard InChI is InChI=1S/2C19H13BrN2/c2*20-15-10-12-16(13-11-15)22-18-9-5-4-8-17(18)21-19(22)14-6-2-1-3-7-14/h2*1-13H. The summed E-state index contributed by atoms with van der Waals surface area (Å²) in [6, 6.07) is 53.7. The maximum absolute atomic E-state index is 4.83. The maximum atomic E-state index is 4.83. The second-order valence-electron chi connectivity index (χ2n) is 10.2. The molecule has 0 saturated heterocycles. The van der Waals surface area contributed by atoms with Gasteiger partial charge in [-0.3, -0.25) is 9.13 Å². The minimum Gasteiger partial charge on any atom is -0.292 e. The first-order chi connectivity index (χ1) is 21.7. The van der Waals surface area contributed by atoms with Crippen molar-refractivity contribution in [2.75, 3.05) is 0 Å². The topological polar surface area (TPSA) is 35.6 Å². The molecule has 2 heterocycles. The van der Waals surface area contributed by atoms with E-state index in [2.05, 4.69) is 138 Å². The Kier molecular flexibility index (Phi) is 7.93. The van der Waals surface area contributed by atoms with Crippen molar-refractivity contribution in [1.82, 2.24) is 19.1 Å². The zero-order valence-electron chi connectivity index (χ0n) is 23.6. The van der Waals surface area contributed by atoms with Gasteiger partial charge in [0, 0.05) is 31.4 Å². The number of rotatable bonds is 4. The number of aromatic nitrogens is 4. The Labute approximate surface area is 272 Å². The number of fused-ring (bicyclic) bond motifs is 2. The molecular weight excluding hydrogens is 672 g/mol. The van der Waals surface area contributed by atoms with Crippen LogP contribution in [0, 0.1) is 0 Å². The number of hydrogen-bond acceptors (Lipinski definition) is 2. The third-order valence-electron chi connectivity index (χ3n) is 7.36. The molecule has 6 aromatic carbocycles. The van der Waals surface area contributed by atoms with Gasteiger partial charge in [-0.15, -0.1) is 0 Å². The first kappa shape index (κ1) is 28.0. The molecule has 44 heavy (non-hydrogen) atoms. The molecule has 8 aromatic rings. The highest BCUT2D eigenvalue weighted by atomic mass is 79.9. The van der Waals surface area contributed by atoms with Gasteiger partial charge in [0.25, 0.3) is 0 Å². The van der Waals surface area contributed by atoms with Crippen molar-refractivity contribution in [1.29, 1.82) is 0 Å². The largest absolute Gasteiger partial charge is 0.292 e. The smallest absolute Gasteiger partial charge is 0.145 e. The van der Waals surface area contributed by atoms with Crippen LogP contribution in [-0.4, -0.2) is 19.1 Å². The number of para-hydroxylation sites is 4. The summed E-state index contributed by atoms with van der Waals surface area (Å²) < 4.78 is 6.55. The van der Waals surface area contributed by atoms with Gasteiger partial charge in [0.1, 0.15) is 11.6 Å². The monoisotopic (exact) mass is 696 g/mol. The Morgan fingerprint density at radius 1 is 0.364 bits per heavy atom. The molecule has 0 aliphatic rings. The zero-order valence-corrected chi connectivity index (χ0v) is 26.7. The van der Waals surface area contributed by atoms with Gasteiger partial charge in [-0.2, -0.15) is 0 Å². The molecular formula is C38H26Br2N4. The number of nitrogens with zero attached hydrogens (tertiary/aromatic N) is 4. The molecule has 212 valence electrons. The van der Waals surface area contributed by atoms with Crippen LogP contribution in [0.25, 0.3) is 56.2 Å². The molecule has 0 unspecified atom stereocenters.